The van der Waals surface area contributed by atoms with Gasteiger partial charge in [-0.3, -0.25) is 4.98 Å². The van der Waals surface area contributed by atoms with Crippen molar-refractivity contribution in [3.8, 4) is 11.5 Å². The molecule has 0 radical (unpaired) electrons. The third-order valence-electron chi connectivity index (χ3n) is 2.94. The van der Waals surface area contributed by atoms with E-state index in [1.165, 1.54) is 12.1 Å². The normalized spacial score (nSPS) is 10.7. The number of hydrogen-bond acceptors (Lipinski definition) is 3. The summed E-state index contributed by atoms with van der Waals surface area (Å²) < 4.78 is 19.3. The molecule has 0 aliphatic rings. The minimum Gasteiger partial charge on any atom is -0.457 e. The van der Waals surface area contributed by atoms with Gasteiger partial charge >= 0.3 is 0 Å². The number of rotatable bonds is 6. The Labute approximate surface area is 129 Å². The maximum absolute atomic E-state index is 13.5. The van der Waals surface area contributed by atoms with Crippen LogP contribution >= 0.6 is 11.6 Å². The molecular formula is C16H18ClFN2O. The van der Waals surface area contributed by atoms with Crippen LogP contribution in [-0.4, -0.2) is 11.5 Å². The van der Waals surface area contributed by atoms with Crippen LogP contribution < -0.4 is 10.1 Å². The summed E-state index contributed by atoms with van der Waals surface area (Å²) in [7, 11) is 0. The van der Waals surface area contributed by atoms with Crippen LogP contribution in [0.2, 0.25) is 5.02 Å². The first-order valence-electron chi connectivity index (χ1n) is 6.89. The van der Waals surface area contributed by atoms with Gasteiger partial charge in [0.05, 0.1) is 5.02 Å². The van der Waals surface area contributed by atoms with E-state index in [2.05, 4.69) is 17.2 Å². The predicted octanol–water partition coefficient (Wildman–Crippen LogP) is 4.47. The molecule has 112 valence electrons. The Bertz CT molecular complexity index is 619. The highest BCUT2D eigenvalue weighted by atomic mass is 35.5. The van der Waals surface area contributed by atoms with Gasteiger partial charge in [0.2, 0.25) is 0 Å². The Morgan fingerprint density at radius 1 is 1.33 bits per heavy atom. The molecule has 0 saturated heterocycles. The van der Waals surface area contributed by atoms with Crippen molar-refractivity contribution in [3.63, 3.8) is 0 Å². The zero-order valence-corrected chi connectivity index (χ0v) is 12.9. The van der Waals surface area contributed by atoms with Crippen LogP contribution in [0, 0.1) is 12.7 Å². The molecule has 1 N–H and O–H groups in total. The molecular weight excluding hydrogens is 291 g/mol. The van der Waals surface area contributed by atoms with Gasteiger partial charge in [-0.15, -0.1) is 0 Å². The summed E-state index contributed by atoms with van der Waals surface area (Å²) in [6.45, 7) is 5.57. The molecule has 2 rings (SSSR count). The lowest BCUT2D eigenvalue weighted by molar-refractivity contribution is 0.466. The molecule has 1 aromatic heterocycles. The molecule has 0 saturated carbocycles. The van der Waals surface area contributed by atoms with Gasteiger partial charge in [0, 0.05) is 36.1 Å². The Balaban J connectivity index is 2.20. The summed E-state index contributed by atoms with van der Waals surface area (Å²) in [5, 5.41) is 3.38. The van der Waals surface area contributed by atoms with Crippen molar-refractivity contribution < 1.29 is 9.13 Å². The highest BCUT2D eigenvalue weighted by Crippen LogP contribution is 2.28. The Morgan fingerprint density at radius 3 is 2.86 bits per heavy atom. The van der Waals surface area contributed by atoms with Crippen molar-refractivity contribution in [2.75, 3.05) is 6.54 Å². The van der Waals surface area contributed by atoms with Crippen LogP contribution in [0.1, 0.15) is 24.6 Å². The maximum Gasteiger partial charge on any atom is 0.145 e. The minimum absolute atomic E-state index is 0.0816. The van der Waals surface area contributed by atoms with Crippen LogP contribution in [-0.2, 0) is 6.54 Å². The van der Waals surface area contributed by atoms with Crippen LogP contribution in [0.4, 0.5) is 4.39 Å². The highest BCUT2D eigenvalue weighted by molar-refractivity contribution is 6.30. The van der Waals surface area contributed by atoms with Gasteiger partial charge in [-0.05, 0) is 32.0 Å². The van der Waals surface area contributed by atoms with Crippen LogP contribution in [0.25, 0.3) is 0 Å². The van der Waals surface area contributed by atoms with E-state index in [1.807, 2.05) is 13.0 Å². The summed E-state index contributed by atoms with van der Waals surface area (Å²) in [5.41, 5.74) is 1.78. The molecule has 5 heteroatoms. The summed E-state index contributed by atoms with van der Waals surface area (Å²) in [4.78, 5) is 4.28. The van der Waals surface area contributed by atoms with E-state index in [-0.39, 0.29) is 5.02 Å². The second-order valence-corrected chi connectivity index (χ2v) is 5.20. The fourth-order valence-electron chi connectivity index (χ4n) is 1.86. The number of nitrogens with zero attached hydrogens (tertiary/aromatic N) is 1. The fraction of sp³-hybridized carbons (Fsp3) is 0.312. The molecule has 0 fully saturated rings. The Morgan fingerprint density at radius 2 is 2.14 bits per heavy atom. The van der Waals surface area contributed by atoms with Crippen molar-refractivity contribution in [3.05, 3.63) is 52.6 Å². The number of nitrogens with one attached hydrogen (secondary N) is 1. The van der Waals surface area contributed by atoms with E-state index in [0.29, 0.717) is 18.0 Å². The SMILES string of the molecule is CCCNCc1cnc(C)cc1Oc1ccc(Cl)c(F)c1. The van der Waals surface area contributed by atoms with Gasteiger partial charge < -0.3 is 10.1 Å². The lowest BCUT2D eigenvalue weighted by Gasteiger charge is -2.12. The molecule has 3 nitrogen and oxygen atoms in total. The molecule has 0 atom stereocenters. The largest absolute Gasteiger partial charge is 0.457 e. The summed E-state index contributed by atoms with van der Waals surface area (Å²) in [5.74, 6) is 0.595. The van der Waals surface area contributed by atoms with E-state index >= 15 is 0 Å². The van der Waals surface area contributed by atoms with Gasteiger partial charge in [0.1, 0.15) is 17.3 Å². The standard InChI is InChI=1S/C16H18ClFN2O/c1-3-6-19-9-12-10-20-11(2)7-16(12)21-13-4-5-14(17)15(18)8-13/h4-5,7-8,10,19H,3,6,9H2,1-2H3. The Hall–Kier alpha value is -1.65. The summed E-state index contributed by atoms with van der Waals surface area (Å²) in [6.07, 6.45) is 2.83. The molecule has 0 aliphatic heterocycles. The minimum atomic E-state index is -0.495. The number of hydrogen-bond donors (Lipinski definition) is 1. The number of ether oxygens (including phenoxy) is 1. The molecule has 21 heavy (non-hydrogen) atoms. The number of pyridine rings is 1. The highest BCUT2D eigenvalue weighted by Gasteiger charge is 2.08. The Kier molecular flexibility index (Phi) is 5.53. The van der Waals surface area contributed by atoms with Crippen molar-refractivity contribution in [2.45, 2.75) is 26.8 Å². The van der Waals surface area contributed by atoms with Crippen LogP contribution in [0.15, 0.2) is 30.5 Å². The van der Waals surface area contributed by atoms with E-state index in [9.17, 15) is 4.39 Å². The smallest absolute Gasteiger partial charge is 0.145 e. The second-order valence-electron chi connectivity index (χ2n) is 4.79. The topological polar surface area (TPSA) is 34.2 Å². The molecule has 0 spiro atoms. The molecule has 1 aromatic carbocycles. The average molecular weight is 309 g/mol. The first-order valence-corrected chi connectivity index (χ1v) is 7.27. The number of aryl methyl sites for hydroxylation is 1. The molecule has 1 heterocycles. The van der Waals surface area contributed by atoms with Crippen molar-refractivity contribution in [2.24, 2.45) is 0 Å². The molecule has 0 unspecified atom stereocenters. The van der Waals surface area contributed by atoms with Crippen LogP contribution in [0.5, 0.6) is 11.5 Å². The third-order valence-corrected chi connectivity index (χ3v) is 3.25. The van der Waals surface area contributed by atoms with Gasteiger partial charge in [0.25, 0.3) is 0 Å². The lowest BCUT2D eigenvalue weighted by atomic mass is 10.2. The summed E-state index contributed by atoms with van der Waals surface area (Å²) >= 11 is 5.67. The lowest BCUT2D eigenvalue weighted by Crippen LogP contribution is -2.14. The van der Waals surface area contributed by atoms with Gasteiger partial charge in [-0.1, -0.05) is 18.5 Å². The first-order chi connectivity index (χ1) is 10.1. The zero-order chi connectivity index (χ0) is 15.2. The van der Waals surface area contributed by atoms with Gasteiger partial charge in [-0.2, -0.15) is 0 Å². The average Bonchev–Trinajstić information content (AvgIpc) is 2.45. The number of halogens is 2. The third kappa shape index (κ3) is 4.41. The second kappa shape index (κ2) is 7.38. The van der Waals surface area contributed by atoms with Crippen molar-refractivity contribution >= 4 is 11.6 Å². The van der Waals surface area contributed by atoms with Gasteiger partial charge in [0.15, 0.2) is 0 Å². The van der Waals surface area contributed by atoms with Crippen LogP contribution in [0.3, 0.4) is 0 Å². The molecule has 0 aliphatic carbocycles. The monoisotopic (exact) mass is 308 g/mol. The van der Waals surface area contributed by atoms with E-state index in [1.54, 1.807) is 12.3 Å². The van der Waals surface area contributed by atoms with E-state index in [0.717, 1.165) is 24.2 Å². The van der Waals surface area contributed by atoms with Crippen molar-refractivity contribution in [1.29, 1.82) is 0 Å². The molecule has 2 aromatic rings. The molecule has 0 amide bonds. The fourth-order valence-corrected chi connectivity index (χ4v) is 1.98. The number of aromatic nitrogens is 1. The van der Waals surface area contributed by atoms with E-state index in [4.69, 9.17) is 16.3 Å². The van der Waals surface area contributed by atoms with Crippen molar-refractivity contribution in [1.82, 2.24) is 10.3 Å². The molecule has 0 bridgehead atoms. The van der Waals surface area contributed by atoms with E-state index < -0.39 is 5.82 Å². The van der Waals surface area contributed by atoms with Gasteiger partial charge in [-0.25, -0.2) is 4.39 Å². The summed E-state index contributed by atoms with van der Waals surface area (Å²) in [6, 6.07) is 6.25. The maximum atomic E-state index is 13.5. The quantitative estimate of drug-likeness (QED) is 0.799. The predicted molar refractivity (Wildman–Crippen MR) is 82.5 cm³/mol. The first kappa shape index (κ1) is 15.7. The zero-order valence-electron chi connectivity index (χ0n) is 12.1. The number of benzene rings is 1.